The number of H-pyrrole nitrogens is 1. The Labute approximate surface area is 157 Å². The Hall–Kier alpha value is -2.73. The number of nitrogens with zero attached hydrogens (tertiary/aromatic N) is 3. The smallest absolute Gasteiger partial charge is 0.388 e. The molecule has 28 heavy (non-hydrogen) atoms. The Morgan fingerprint density at radius 1 is 1.14 bits per heavy atom. The first-order valence-electron chi connectivity index (χ1n) is 7.75. The summed E-state index contributed by atoms with van der Waals surface area (Å²) in [7, 11) is -1.67. The first kappa shape index (κ1) is 20.0. The molecule has 0 unspecified atom stereocenters. The van der Waals surface area contributed by atoms with Crippen LogP contribution in [0.15, 0.2) is 35.4 Å². The molecule has 0 bridgehead atoms. The van der Waals surface area contributed by atoms with Gasteiger partial charge in [-0.2, -0.15) is 8.78 Å². The highest BCUT2D eigenvalue weighted by Crippen LogP contribution is 2.36. The SMILES string of the molecule is CN(C)S(=O)(=O)c1ccc(-c2nccc3[nH]nc(OC(F)F)c23)cc1C(F)F. The van der Waals surface area contributed by atoms with Gasteiger partial charge in [0.25, 0.3) is 6.43 Å². The van der Waals surface area contributed by atoms with Crippen molar-refractivity contribution in [3.05, 3.63) is 36.0 Å². The Balaban J connectivity index is 2.23. The summed E-state index contributed by atoms with van der Waals surface area (Å²) in [5, 5.41) is 6.20. The van der Waals surface area contributed by atoms with Gasteiger partial charge in [-0.05, 0) is 18.2 Å². The highest BCUT2D eigenvalue weighted by Gasteiger charge is 2.27. The van der Waals surface area contributed by atoms with Crippen LogP contribution in [-0.4, -0.2) is 48.6 Å². The van der Waals surface area contributed by atoms with Crippen molar-refractivity contribution >= 4 is 20.9 Å². The predicted octanol–water partition coefficient (Wildman–Crippen LogP) is 3.41. The van der Waals surface area contributed by atoms with Crippen molar-refractivity contribution in [2.24, 2.45) is 0 Å². The average Bonchev–Trinajstić information content (AvgIpc) is 3.03. The lowest BCUT2D eigenvalue weighted by atomic mass is 10.0. The second kappa shape index (κ2) is 7.36. The molecule has 2 heterocycles. The van der Waals surface area contributed by atoms with Gasteiger partial charge in [-0.3, -0.25) is 10.1 Å². The number of benzene rings is 1. The molecule has 0 saturated heterocycles. The van der Waals surface area contributed by atoms with E-state index in [4.69, 9.17) is 0 Å². The molecule has 0 radical (unpaired) electrons. The van der Waals surface area contributed by atoms with E-state index in [0.29, 0.717) is 5.52 Å². The van der Waals surface area contributed by atoms with Crippen LogP contribution in [0.1, 0.15) is 12.0 Å². The second-order valence-electron chi connectivity index (χ2n) is 5.83. The van der Waals surface area contributed by atoms with E-state index in [1.807, 2.05) is 0 Å². The van der Waals surface area contributed by atoms with Crippen LogP contribution in [0, 0.1) is 0 Å². The molecule has 3 aromatic rings. The highest BCUT2D eigenvalue weighted by atomic mass is 32.2. The van der Waals surface area contributed by atoms with E-state index in [0.717, 1.165) is 16.4 Å². The van der Waals surface area contributed by atoms with Crippen LogP contribution in [-0.2, 0) is 10.0 Å². The van der Waals surface area contributed by atoms with E-state index < -0.39 is 39.4 Å². The summed E-state index contributed by atoms with van der Waals surface area (Å²) < 4.78 is 82.2. The zero-order valence-electron chi connectivity index (χ0n) is 14.5. The first-order valence-corrected chi connectivity index (χ1v) is 9.19. The van der Waals surface area contributed by atoms with Gasteiger partial charge in [0.2, 0.25) is 15.9 Å². The molecule has 3 rings (SSSR count). The maximum absolute atomic E-state index is 13.6. The van der Waals surface area contributed by atoms with Crippen LogP contribution in [0.3, 0.4) is 0 Å². The number of ether oxygens (including phenoxy) is 1. The summed E-state index contributed by atoms with van der Waals surface area (Å²) >= 11 is 0. The fraction of sp³-hybridized carbons (Fsp3) is 0.250. The molecule has 2 aromatic heterocycles. The zero-order valence-corrected chi connectivity index (χ0v) is 15.3. The fourth-order valence-corrected chi connectivity index (χ4v) is 3.70. The molecule has 0 atom stereocenters. The second-order valence-corrected chi connectivity index (χ2v) is 7.95. The molecule has 0 aliphatic carbocycles. The molecule has 0 amide bonds. The molecule has 7 nitrogen and oxygen atoms in total. The Kier molecular flexibility index (Phi) is 5.26. The van der Waals surface area contributed by atoms with Gasteiger partial charge < -0.3 is 4.74 Å². The Morgan fingerprint density at radius 2 is 1.86 bits per heavy atom. The van der Waals surface area contributed by atoms with Gasteiger partial charge >= 0.3 is 6.61 Å². The van der Waals surface area contributed by atoms with Crippen molar-refractivity contribution in [1.29, 1.82) is 0 Å². The van der Waals surface area contributed by atoms with Crippen LogP contribution in [0.5, 0.6) is 5.88 Å². The number of halogens is 4. The number of hydrogen-bond acceptors (Lipinski definition) is 5. The number of fused-ring (bicyclic) bond motifs is 1. The quantitative estimate of drug-likeness (QED) is 0.620. The Bertz CT molecular complexity index is 1120. The number of pyridine rings is 1. The molecular formula is C16H14F4N4O3S. The van der Waals surface area contributed by atoms with Crippen molar-refractivity contribution in [1.82, 2.24) is 19.5 Å². The maximum atomic E-state index is 13.6. The molecular weight excluding hydrogens is 404 g/mol. The fourth-order valence-electron chi connectivity index (χ4n) is 2.62. The predicted molar refractivity (Wildman–Crippen MR) is 91.8 cm³/mol. The third-order valence-corrected chi connectivity index (χ3v) is 5.81. The number of alkyl halides is 4. The van der Waals surface area contributed by atoms with Gasteiger partial charge in [-0.1, -0.05) is 6.07 Å². The molecule has 1 N–H and O–H groups in total. The van der Waals surface area contributed by atoms with Gasteiger partial charge in [0.1, 0.15) is 0 Å². The van der Waals surface area contributed by atoms with E-state index in [1.165, 1.54) is 32.4 Å². The molecule has 0 spiro atoms. The molecule has 1 aromatic carbocycles. The monoisotopic (exact) mass is 418 g/mol. The lowest BCUT2D eigenvalue weighted by molar-refractivity contribution is -0.0518. The Morgan fingerprint density at radius 3 is 2.46 bits per heavy atom. The van der Waals surface area contributed by atoms with Gasteiger partial charge in [-0.25, -0.2) is 21.5 Å². The van der Waals surface area contributed by atoms with Crippen molar-refractivity contribution in [3.63, 3.8) is 0 Å². The zero-order chi connectivity index (χ0) is 20.6. The van der Waals surface area contributed by atoms with Crippen LogP contribution >= 0.6 is 0 Å². The van der Waals surface area contributed by atoms with Crippen molar-refractivity contribution in [3.8, 4) is 17.1 Å². The van der Waals surface area contributed by atoms with Crippen LogP contribution in [0.25, 0.3) is 22.2 Å². The van der Waals surface area contributed by atoms with Crippen molar-refractivity contribution in [2.75, 3.05) is 14.1 Å². The topological polar surface area (TPSA) is 88.2 Å². The summed E-state index contributed by atoms with van der Waals surface area (Å²) in [6, 6.07) is 4.70. The first-order chi connectivity index (χ1) is 13.1. The van der Waals surface area contributed by atoms with Crippen LogP contribution < -0.4 is 4.74 Å². The summed E-state index contributed by atoms with van der Waals surface area (Å²) in [6.45, 7) is -3.15. The van der Waals surface area contributed by atoms with Gasteiger partial charge in [0.05, 0.1) is 21.5 Å². The van der Waals surface area contributed by atoms with E-state index in [9.17, 15) is 26.0 Å². The largest absolute Gasteiger partial charge is 0.415 e. The number of sulfonamides is 1. The number of aromatic nitrogens is 3. The number of hydrogen-bond donors (Lipinski definition) is 1. The van der Waals surface area contributed by atoms with E-state index >= 15 is 0 Å². The minimum atomic E-state index is -4.12. The molecule has 12 heteroatoms. The number of nitrogens with one attached hydrogen (secondary N) is 1. The van der Waals surface area contributed by atoms with E-state index in [2.05, 4.69) is 19.9 Å². The third-order valence-electron chi connectivity index (χ3n) is 3.92. The van der Waals surface area contributed by atoms with E-state index in [1.54, 1.807) is 0 Å². The molecule has 0 aliphatic rings. The van der Waals surface area contributed by atoms with Crippen LogP contribution in [0.4, 0.5) is 17.6 Å². The number of rotatable bonds is 6. The summed E-state index contributed by atoms with van der Waals surface area (Å²) in [4.78, 5) is 3.50. The van der Waals surface area contributed by atoms with Gasteiger partial charge in [0, 0.05) is 31.4 Å². The molecule has 0 fully saturated rings. The lowest BCUT2D eigenvalue weighted by Crippen LogP contribution is -2.23. The van der Waals surface area contributed by atoms with Crippen molar-refractivity contribution in [2.45, 2.75) is 17.9 Å². The number of aromatic amines is 1. The molecule has 0 saturated carbocycles. The van der Waals surface area contributed by atoms with Gasteiger partial charge in [-0.15, -0.1) is 5.10 Å². The molecule has 150 valence electrons. The molecule has 0 aliphatic heterocycles. The summed E-state index contributed by atoms with van der Waals surface area (Å²) in [5.74, 6) is -0.448. The highest BCUT2D eigenvalue weighted by molar-refractivity contribution is 7.89. The average molecular weight is 418 g/mol. The lowest BCUT2D eigenvalue weighted by Gasteiger charge is -2.16. The minimum absolute atomic E-state index is 0.0394. The summed E-state index contributed by atoms with van der Waals surface area (Å²) in [5.41, 5.74) is -0.300. The standard InChI is InChI=1S/C16H14F4N4O3S/c1-24(2)28(25,26)11-4-3-8(7-9(11)14(17)18)13-12-10(5-6-21-13)22-23-15(12)27-16(19)20/h3-7,14,16H,1-2H3,(H,22,23). The van der Waals surface area contributed by atoms with Crippen molar-refractivity contribution < 1.29 is 30.7 Å². The van der Waals surface area contributed by atoms with Crippen LogP contribution in [0.2, 0.25) is 0 Å². The normalized spacial score (nSPS) is 12.5. The maximum Gasteiger partial charge on any atom is 0.388 e. The third kappa shape index (κ3) is 3.52. The minimum Gasteiger partial charge on any atom is -0.415 e. The summed E-state index contributed by atoms with van der Waals surface area (Å²) in [6.07, 6.45) is -1.76. The van der Waals surface area contributed by atoms with Gasteiger partial charge in [0.15, 0.2) is 0 Å². The van der Waals surface area contributed by atoms with E-state index in [-0.39, 0.29) is 16.6 Å².